The molecule has 3 nitrogen and oxygen atoms in total. The molecular weight excluding hydrogens is 248 g/mol. The molecule has 3 heteroatoms. The quantitative estimate of drug-likeness (QED) is 0.771. The molecule has 1 aromatic rings. The van der Waals surface area contributed by atoms with Crippen LogP contribution in [0.2, 0.25) is 0 Å². The zero-order valence-corrected chi connectivity index (χ0v) is 12.1. The van der Waals surface area contributed by atoms with Crippen LogP contribution in [0.25, 0.3) is 0 Å². The number of carbonyl (C=O) groups excluding carboxylic acids is 1. The molecule has 106 valence electrons. The Kier molecular flexibility index (Phi) is 5.17. The SMILES string of the molecule is Cc1cccc(CCC(=O)N(CC#N)C2CCCC2)c1. The molecule has 0 radical (unpaired) electrons. The van der Waals surface area contributed by atoms with Crippen LogP contribution in [0.15, 0.2) is 24.3 Å². The molecule has 20 heavy (non-hydrogen) atoms. The monoisotopic (exact) mass is 270 g/mol. The minimum atomic E-state index is 0.125. The topological polar surface area (TPSA) is 44.1 Å². The number of rotatable bonds is 5. The second-order valence-corrected chi connectivity index (χ2v) is 5.61. The molecule has 0 aromatic heterocycles. The van der Waals surface area contributed by atoms with Gasteiger partial charge in [-0.25, -0.2) is 0 Å². The first-order chi connectivity index (χ1) is 9.70. The summed E-state index contributed by atoms with van der Waals surface area (Å²) in [6, 6.07) is 10.7. The van der Waals surface area contributed by atoms with E-state index in [2.05, 4.69) is 31.2 Å². The molecule has 0 heterocycles. The molecule has 0 N–H and O–H groups in total. The fourth-order valence-electron chi connectivity index (χ4n) is 2.98. The van der Waals surface area contributed by atoms with E-state index < -0.39 is 0 Å². The fraction of sp³-hybridized carbons (Fsp3) is 0.529. The number of hydrogen-bond acceptors (Lipinski definition) is 2. The van der Waals surface area contributed by atoms with Gasteiger partial charge in [0.2, 0.25) is 5.91 Å². The van der Waals surface area contributed by atoms with E-state index in [1.807, 2.05) is 6.07 Å². The van der Waals surface area contributed by atoms with Crippen molar-refractivity contribution in [1.82, 2.24) is 4.90 Å². The van der Waals surface area contributed by atoms with Gasteiger partial charge in [-0.05, 0) is 31.7 Å². The highest BCUT2D eigenvalue weighted by molar-refractivity contribution is 5.77. The predicted molar refractivity (Wildman–Crippen MR) is 79.1 cm³/mol. The molecule has 0 atom stereocenters. The molecule has 1 fully saturated rings. The van der Waals surface area contributed by atoms with Gasteiger partial charge in [-0.3, -0.25) is 4.79 Å². The highest BCUT2D eigenvalue weighted by Gasteiger charge is 2.25. The Morgan fingerprint density at radius 3 is 2.80 bits per heavy atom. The molecule has 0 bridgehead atoms. The van der Waals surface area contributed by atoms with Gasteiger partial charge in [0.1, 0.15) is 6.54 Å². The van der Waals surface area contributed by atoms with E-state index >= 15 is 0 Å². The lowest BCUT2D eigenvalue weighted by atomic mass is 10.1. The van der Waals surface area contributed by atoms with Crippen LogP contribution in [0.5, 0.6) is 0 Å². The number of amides is 1. The van der Waals surface area contributed by atoms with Crippen molar-refractivity contribution in [3.8, 4) is 6.07 Å². The largest absolute Gasteiger partial charge is 0.326 e. The van der Waals surface area contributed by atoms with Gasteiger partial charge in [-0.15, -0.1) is 0 Å². The normalized spacial score (nSPS) is 15.0. The van der Waals surface area contributed by atoms with Crippen molar-refractivity contribution in [3.05, 3.63) is 35.4 Å². The lowest BCUT2D eigenvalue weighted by molar-refractivity contribution is -0.132. The van der Waals surface area contributed by atoms with Crippen LogP contribution in [0.3, 0.4) is 0 Å². The minimum absolute atomic E-state index is 0.125. The van der Waals surface area contributed by atoms with E-state index in [-0.39, 0.29) is 12.5 Å². The third kappa shape index (κ3) is 3.84. The van der Waals surface area contributed by atoms with Gasteiger partial charge in [-0.2, -0.15) is 5.26 Å². The first kappa shape index (κ1) is 14.6. The minimum Gasteiger partial charge on any atom is -0.326 e. The van der Waals surface area contributed by atoms with Crippen LogP contribution < -0.4 is 0 Å². The molecule has 1 aliphatic carbocycles. The van der Waals surface area contributed by atoms with Gasteiger partial charge < -0.3 is 4.90 Å². The second kappa shape index (κ2) is 7.09. The van der Waals surface area contributed by atoms with Gasteiger partial charge in [0.25, 0.3) is 0 Å². The highest BCUT2D eigenvalue weighted by Crippen LogP contribution is 2.24. The van der Waals surface area contributed by atoms with Crippen molar-refractivity contribution in [2.75, 3.05) is 6.54 Å². The standard InChI is InChI=1S/C17H22N2O/c1-14-5-4-6-15(13-14)9-10-17(20)19(12-11-18)16-7-2-3-8-16/h4-6,13,16H,2-3,7-10,12H2,1H3. The van der Waals surface area contributed by atoms with Crippen LogP contribution in [-0.4, -0.2) is 23.4 Å². The summed E-state index contributed by atoms with van der Waals surface area (Å²) in [5.41, 5.74) is 2.42. The summed E-state index contributed by atoms with van der Waals surface area (Å²) in [6.07, 6.45) is 5.72. The predicted octanol–water partition coefficient (Wildman–Crippen LogP) is 3.22. The maximum Gasteiger partial charge on any atom is 0.224 e. The van der Waals surface area contributed by atoms with Crippen LogP contribution in [-0.2, 0) is 11.2 Å². The second-order valence-electron chi connectivity index (χ2n) is 5.61. The average Bonchev–Trinajstić information content (AvgIpc) is 2.96. The fourth-order valence-corrected chi connectivity index (χ4v) is 2.98. The number of hydrogen-bond donors (Lipinski definition) is 0. The maximum atomic E-state index is 12.4. The van der Waals surface area contributed by atoms with E-state index in [1.54, 1.807) is 4.90 Å². The zero-order chi connectivity index (χ0) is 14.4. The van der Waals surface area contributed by atoms with Crippen molar-refractivity contribution in [3.63, 3.8) is 0 Å². The summed E-state index contributed by atoms with van der Waals surface area (Å²) in [7, 11) is 0. The first-order valence-corrected chi connectivity index (χ1v) is 7.42. The molecule has 2 rings (SSSR count). The van der Waals surface area contributed by atoms with Crippen molar-refractivity contribution in [2.45, 2.75) is 51.5 Å². The molecule has 1 amide bonds. The summed E-state index contributed by atoms with van der Waals surface area (Å²) in [4.78, 5) is 14.1. The summed E-state index contributed by atoms with van der Waals surface area (Å²) in [5, 5.41) is 8.92. The Morgan fingerprint density at radius 1 is 1.40 bits per heavy atom. The molecule has 0 aliphatic heterocycles. The van der Waals surface area contributed by atoms with Crippen molar-refractivity contribution >= 4 is 5.91 Å². The number of nitriles is 1. The zero-order valence-electron chi connectivity index (χ0n) is 12.1. The van der Waals surface area contributed by atoms with Gasteiger partial charge in [-0.1, -0.05) is 42.7 Å². The molecule has 1 aliphatic rings. The Labute approximate surface area is 121 Å². The third-order valence-electron chi connectivity index (χ3n) is 4.04. The highest BCUT2D eigenvalue weighted by atomic mass is 16.2. The number of aryl methyl sites for hydroxylation is 2. The van der Waals surface area contributed by atoms with Crippen LogP contribution in [0, 0.1) is 18.3 Å². The number of carbonyl (C=O) groups is 1. The van der Waals surface area contributed by atoms with Gasteiger partial charge in [0, 0.05) is 12.5 Å². The molecule has 1 aromatic carbocycles. The number of nitrogens with zero attached hydrogens (tertiary/aromatic N) is 2. The smallest absolute Gasteiger partial charge is 0.224 e. The van der Waals surface area contributed by atoms with Gasteiger partial charge in [0.15, 0.2) is 0 Å². The van der Waals surface area contributed by atoms with E-state index in [4.69, 9.17) is 5.26 Å². The molecule has 0 spiro atoms. The van der Waals surface area contributed by atoms with Crippen molar-refractivity contribution in [2.24, 2.45) is 0 Å². The van der Waals surface area contributed by atoms with Crippen molar-refractivity contribution in [1.29, 1.82) is 5.26 Å². The average molecular weight is 270 g/mol. The maximum absolute atomic E-state index is 12.4. The van der Waals surface area contributed by atoms with Gasteiger partial charge in [0.05, 0.1) is 6.07 Å². The van der Waals surface area contributed by atoms with E-state index in [9.17, 15) is 4.79 Å². The molecule has 1 saturated carbocycles. The van der Waals surface area contributed by atoms with E-state index in [0.717, 1.165) is 19.3 Å². The van der Waals surface area contributed by atoms with Crippen LogP contribution >= 0.6 is 0 Å². The first-order valence-electron chi connectivity index (χ1n) is 7.42. The van der Waals surface area contributed by atoms with Gasteiger partial charge >= 0.3 is 0 Å². The Balaban J connectivity index is 1.93. The summed E-state index contributed by atoms with van der Waals surface area (Å²) in [5.74, 6) is 0.125. The number of benzene rings is 1. The van der Waals surface area contributed by atoms with Crippen LogP contribution in [0.4, 0.5) is 0 Å². The summed E-state index contributed by atoms with van der Waals surface area (Å²) >= 11 is 0. The molecule has 0 saturated heterocycles. The molecule has 0 unspecified atom stereocenters. The molecular formula is C17H22N2O. The van der Waals surface area contributed by atoms with Crippen LogP contribution in [0.1, 0.15) is 43.2 Å². The lowest BCUT2D eigenvalue weighted by Gasteiger charge is -2.26. The summed E-state index contributed by atoms with van der Waals surface area (Å²) < 4.78 is 0. The third-order valence-corrected chi connectivity index (χ3v) is 4.04. The Bertz CT molecular complexity index is 498. The summed E-state index contributed by atoms with van der Waals surface area (Å²) in [6.45, 7) is 2.29. The van der Waals surface area contributed by atoms with Crippen molar-refractivity contribution < 1.29 is 4.79 Å². The van der Waals surface area contributed by atoms with E-state index in [1.165, 1.54) is 24.0 Å². The Morgan fingerprint density at radius 2 is 2.15 bits per heavy atom. The Hall–Kier alpha value is -1.82. The van der Waals surface area contributed by atoms with E-state index in [0.29, 0.717) is 12.5 Å². The lowest BCUT2D eigenvalue weighted by Crippen LogP contribution is -2.39.